The van der Waals surface area contributed by atoms with E-state index >= 15 is 0 Å². The van der Waals surface area contributed by atoms with E-state index < -0.39 is 35.0 Å². The maximum atomic E-state index is 13.9. The first kappa shape index (κ1) is 26.7. The number of ether oxygens (including phenoxy) is 2. The molecular weight excluding hydrogens is 507 g/mol. The highest BCUT2D eigenvalue weighted by molar-refractivity contribution is 5.99. The van der Waals surface area contributed by atoms with E-state index in [2.05, 4.69) is 11.4 Å². The molecule has 1 atom stereocenters. The molecule has 10 nitrogen and oxygen atoms in total. The molecule has 1 aromatic heterocycles. The summed E-state index contributed by atoms with van der Waals surface area (Å²) in [6, 6.07) is 4.05. The van der Waals surface area contributed by atoms with Crippen molar-refractivity contribution in [3.05, 3.63) is 69.4 Å². The van der Waals surface area contributed by atoms with E-state index in [0.717, 1.165) is 32.1 Å². The van der Waals surface area contributed by atoms with Gasteiger partial charge in [0.2, 0.25) is 5.43 Å². The van der Waals surface area contributed by atoms with Crippen LogP contribution in [0.3, 0.4) is 0 Å². The number of pyridine rings is 1. The van der Waals surface area contributed by atoms with E-state index in [1.807, 2.05) is 11.1 Å². The number of nitrogens with zero attached hydrogens (tertiary/aromatic N) is 3. The minimum atomic E-state index is -0.928. The van der Waals surface area contributed by atoms with Gasteiger partial charge in [0.05, 0.1) is 19.8 Å². The number of halogens is 1. The van der Waals surface area contributed by atoms with Gasteiger partial charge in [-0.3, -0.25) is 24.1 Å². The fraction of sp³-hybridized carbons (Fsp3) is 0.464. The SMILES string of the molecule is O=C1NCc2ccc(F)cc2OCC/C=C\CCCCCCN2[C@@H]3COCCN3C(=O)c3c(O)c(=O)c1cn32. The van der Waals surface area contributed by atoms with Crippen molar-refractivity contribution >= 4 is 11.8 Å². The van der Waals surface area contributed by atoms with Crippen molar-refractivity contribution < 1.29 is 28.6 Å². The molecule has 39 heavy (non-hydrogen) atoms. The summed E-state index contributed by atoms with van der Waals surface area (Å²) in [5.74, 6) is -2.13. The number of fused-ring (bicyclic) bond motifs is 4. The van der Waals surface area contributed by atoms with Crippen LogP contribution in [0.5, 0.6) is 11.5 Å². The molecule has 2 bridgehead atoms. The molecule has 1 saturated heterocycles. The number of morpholine rings is 1. The largest absolute Gasteiger partial charge is 0.502 e. The van der Waals surface area contributed by atoms with Gasteiger partial charge in [-0.15, -0.1) is 0 Å². The lowest BCUT2D eigenvalue weighted by atomic mass is 10.1. The molecule has 0 aliphatic carbocycles. The average molecular weight is 541 g/mol. The number of carbonyl (C=O) groups excluding carboxylic acids is 2. The number of carbonyl (C=O) groups is 2. The first-order valence-corrected chi connectivity index (χ1v) is 13.4. The smallest absolute Gasteiger partial charge is 0.278 e. The topological polar surface area (TPSA) is 113 Å². The Bertz CT molecular complexity index is 1330. The molecule has 4 heterocycles. The quantitative estimate of drug-likeness (QED) is 0.494. The normalized spacial score (nSPS) is 21.7. The van der Waals surface area contributed by atoms with Crippen LogP contribution in [0.15, 0.2) is 41.3 Å². The molecule has 3 aliphatic rings. The summed E-state index contributed by atoms with van der Waals surface area (Å²) in [7, 11) is 0. The number of amides is 2. The van der Waals surface area contributed by atoms with Gasteiger partial charge in [-0.25, -0.2) is 4.39 Å². The number of nitrogens with one attached hydrogen (secondary N) is 1. The molecule has 2 amide bonds. The first-order valence-electron chi connectivity index (χ1n) is 13.4. The summed E-state index contributed by atoms with van der Waals surface area (Å²) in [6.45, 7) is 1.85. The maximum Gasteiger partial charge on any atom is 0.278 e. The van der Waals surface area contributed by atoms with Crippen LogP contribution in [0, 0.1) is 5.82 Å². The lowest BCUT2D eigenvalue weighted by molar-refractivity contribution is -0.0173. The predicted molar refractivity (Wildman–Crippen MR) is 141 cm³/mol. The van der Waals surface area contributed by atoms with E-state index in [4.69, 9.17) is 9.47 Å². The molecular formula is C28H33FN4O6. The fourth-order valence-corrected chi connectivity index (χ4v) is 5.21. The zero-order valence-corrected chi connectivity index (χ0v) is 21.7. The maximum absolute atomic E-state index is 13.9. The Morgan fingerprint density at radius 2 is 1.82 bits per heavy atom. The van der Waals surface area contributed by atoms with E-state index in [-0.39, 0.29) is 24.4 Å². The summed E-state index contributed by atoms with van der Waals surface area (Å²) in [4.78, 5) is 41.2. The third kappa shape index (κ3) is 5.63. The van der Waals surface area contributed by atoms with Gasteiger partial charge in [-0.2, -0.15) is 0 Å². The lowest BCUT2D eigenvalue weighted by Gasteiger charge is -2.48. The summed E-state index contributed by atoms with van der Waals surface area (Å²) >= 11 is 0. The predicted octanol–water partition coefficient (Wildman–Crippen LogP) is 2.66. The number of benzene rings is 1. The second-order valence-electron chi connectivity index (χ2n) is 9.88. The number of aromatic nitrogens is 1. The van der Waals surface area contributed by atoms with E-state index in [1.165, 1.54) is 29.1 Å². The van der Waals surface area contributed by atoms with E-state index in [1.54, 1.807) is 4.90 Å². The number of rotatable bonds is 0. The van der Waals surface area contributed by atoms with Crippen LogP contribution in [-0.2, 0) is 11.3 Å². The molecule has 11 heteroatoms. The molecule has 208 valence electrons. The molecule has 1 fully saturated rings. The van der Waals surface area contributed by atoms with Crippen LogP contribution >= 0.6 is 0 Å². The zero-order chi connectivity index (χ0) is 27.4. The Kier molecular flexibility index (Phi) is 8.16. The minimum absolute atomic E-state index is 0.0286. The van der Waals surface area contributed by atoms with Crippen molar-refractivity contribution in [2.24, 2.45) is 0 Å². The number of hydrogen-bond acceptors (Lipinski definition) is 7. The van der Waals surface area contributed by atoms with Gasteiger partial charge >= 0.3 is 0 Å². The first-order chi connectivity index (χ1) is 19.0. The third-order valence-corrected chi connectivity index (χ3v) is 7.28. The summed E-state index contributed by atoms with van der Waals surface area (Å²) in [5, 5.41) is 15.4. The molecule has 3 aliphatic heterocycles. The molecule has 5 rings (SSSR count). The average Bonchev–Trinajstić information content (AvgIpc) is 2.93. The highest BCUT2D eigenvalue weighted by Gasteiger charge is 2.42. The molecule has 0 radical (unpaired) electrons. The van der Waals surface area contributed by atoms with E-state index in [0.29, 0.717) is 44.0 Å². The number of aromatic hydroxyl groups is 1. The molecule has 0 saturated carbocycles. The van der Waals surface area contributed by atoms with Crippen molar-refractivity contribution in [1.82, 2.24) is 14.9 Å². The summed E-state index contributed by atoms with van der Waals surface area (Å²) in [5.41, 5.74) is -0.847. The Balaban J connectivity index is 1.50. The Labute approximate surface area is 225 Å². The van der Waals surface area contributed by atoms with Crippen molar-refractivity contribution in [3.8, 4) is 11.5 Å². The second kappa shape index (κ2) is 11.9. The molecule has 2 N–H and O–H groups in total. The monoisotopic (exact) mass is 540 g/mol. The third-order valence-electron chi connectivity index (χ3n) is 7.28. The van der Waals surface area contributed by atoms with Gasteiger partial charge < -0.3 is 24.8 Å². The molecule has 0 unspecified atom stereocenters. The zero-order valence-electron chi connectivity index (χ0n) is 21.7. The molecule has 0 spiro atoms. The Hall–Kier alpha value is -3.86. The standard InChI is InChI=1S/C28H33FN4O6/c29-20-10-9-19-16-30-27(36)21-17-33-24(26(35)25(21)34)28(37)31-12-14-38-18-23(31)32(33)11-7-5-3-1-2-4-6-8-13-39-22(19)15-20/h4,6,9-10,15,17,23,35H,1-3,5,7-8,11-14,16,18H2,(H,30,36)/b6-4-/t23-/m1/s1. The van der Waals surface area contributed by atoms with Gasteiger partial charge in [-0.1, -0.05) is 31.1 Å². The molecule has 2 aromatic rings. The fourth-order valence-electron chi connectivity index (χ4n) is 5.21. The highest BCUT2D eigenvalue weighted by Crippen LogP contribution is 2.27. The van der Waals surface area contributed by atoms with Crippen LogP contribution in [-0.4, -0.2) is 65.6 Å². The van der Waals surface area contributed by atoms with Crippen LogP contribution in [0.25, 0.3) is 0 Å². The highest BCUT2D eigenvalue weighted by atomic mass is 19.1. The Morgan fingerprint density at radius 1 is 1.00 bits per heavy atom. The Morgan fingerprint density at radius 3 is 2.69 bits per heavy atom. The summed E-state index contributed by atoms with van der Waals surface area (Å²) < 4.78 is 26.8. The number of allylic oxidation sites excluding steroid dienone is 1. The van der Waals surface area contributed by atoms with Crippen molar-refractivity contribution in [3.63, 3.8) is 0 Å². The second-order valence-corrected chi connectivity index (χ2v) is 9.88. The number of hydrogen-bond donors (Lipinski definition) is 2. The van der Waals surface area contributed by atoms with Crippen molar-refractivity contribution in [2.75, 3.05) is 37.9 Å². The minimum Gasteiger partial charge on any atom is -0.502 e. The van der Waals surface area contributed by atoms with E-state index in [9.17, 15) is 23.9 Å². The van der Waals surface area contributed by atoms with Crippen molar-refractivity contribution in [2.45, 2.75) is 51.2 Å². The van der Waals surface area contributed by atoms with Crippen LogP contribution < -0.4 is 20.5 Å². The van der Waals surface area contributed by atoms with Gasteiger partial charge in [-0.05, 0) is 31.7 Å². The van der Waals surface area contributed by atoms with Gasteiger partial charge in [0.15, 0.2) is 11.4 Å². The van der Waals surface area contributed by atoms with Crippen LogP contribution in [0.2, 0.25) is 0 Å². The van der Waals surface area contributed by atoms with Gasteiger partial charge in [0.25, 0.3) is 11.8 Å². The van der Waals surface area contributed by atoms with Crippen LogP contribution in [0.4, 0.5) is 4.39 Å². The molecule has 1 aromatic carbocycles. The van der Waals surface area contributed by atoms with Gasteiger partial charge in [0, 0.05) is 37.5 Å². The summed E-state index contributed by atoms with van der Waals surface area (Å²) in [6.07, 6.45) is 10.5. The van der Waals surface area contributed by atoms with Crippen LogP contribution in [0.1, 0.15) is 64.9 Å². The lowest BCUT2D eigenvalue weighted by Crippen LogP contribution is -2.65. The van der Waals surface area contributed by atoms with Crippen molar-refractivity contribution in [1.29, 1.82) is 0 Å². The van der Waals surface area contributed by atoms with Gasteiger partial charge in [0.1, 0.15) is 23.3 Å².